The largest absolute Gasteiger partial charge is 0.330 e. The topological polar surface area (TPSA) is 58.4 Å². The van der Waals surface area contributed by atoms with Crippen molar-refractivity contribution in [3.63, 3.8) is 0 Å². The molecule has 3 N–H and O–H groups in total. The molecule has 19 heavy (non-hydrogen) atoms. The molecule has 104 valence electrons. The zero-order chi connectivity index (χ0) is 13.8. The molecule has 0 aromatic heterocycles. The van der Waals surface area contributed by atoms with Crippen molar-refractivity contribution < 1.29 is 4.79 Å². The first-order chi connectivity index (χ1) is 9.10. The molecule has 4 nitrogen and oxygen atoms in total. The SMILES string of the molecule is CC1CCN(C(=O)Nc2ccc(Cl)cc2)CC1CN. The first kappa shape index (κ1) is 14.2. The summed E-state index contributed by atoms with van der Waals surface area (Å²) in [5.74, 6) is 0.981. The molecule has 0 spiro atoms. The second-order valence-electron chi connectivity index (χ2n) is 5.14. The lowest BCUT2D eigenvalue weighted by molar-refractivity contribution is 0.149. The van der Waals surface area contributed by atoms with E-state index in [0.717, 1.165) is 25.2 Å². The van der Waals surface area contributed by atoms with E-state index in [-0.39, 0.29) is 6.03 Å². The average Bonchev–Trinajstić information content (AvgIpc) is 2.42. The predicted octanol–water partition coefficient (Wildman–Crippen LogP) is 2.79. The van der Waals surface area contributed by atoms with E-state index in [9.17, 15) is 4.79 Å². The van der Waals surface area contributed by atoms with Crippen molar-refractivity contribution in [2.75, 3.05) is 25.0 Å². The summed E-state index contributed by atoms with van der Waals surface area (Å²) in [6.07, 6.45) is 1.01. The van der Waals surface area contributed by atoms with Crippen molar-refractivity contribution in [1.82, 2.24) is 4.90 Å². The second kappa shape index (κ2) is 6.26. The summed E-state index contributed by atoms with van der Waals surface area (Å²) in [6, 6.07) is 7.06. The number of likely N-dealkylation sites (tertiary alicyclic amines) is 1. The number of rotatable bonds is 2. The molecule has 1 saturated heterocycles. The standard InChI is InChI=1S/C14H20ClN3O/c1-10-6-7-18(9-11(10)8-16)14(19)17-13-4-2-12(15)3-5-13/h2-5,10-11H,6-9,16H2,1H3,(H,17,19). The van der Waals surface area contributed by atoms with Crippen LogP contribution >= 0.6 is 11.6 Å². The summed E-state index contributed by atoms with van der Waals surface area (Å²) < 4.78 is 0. The van der Waals surface area contributed by atoms with Crippen LogP contribution in [-0.4, -0.2) is 30.6 Å². The highest BCUT2D eigenvalue weighted by atomic mass is 35.5. The number of carbonyl (C=O) groups is 1. The number of nitrogens with two attached hydrogens (primary N) is 1. The third kappa shape index (κ3) is 3.61. The van der Waals surface area contributed by atoms with Crippen molar-refractivity contribution in [3.8, 4) is 0 Å². The van der Waals surface area contributed by atoms with E-state index in [0.29, 0.717) is 23.4 Å². The normalized spacial score (nSPS) is 23.2. The number of urea groups is 1. The number of carbonyl (C=O) groups excluding carboxylic acids is 1. The van der Waals surface area contributed by atoms with Gasteiger partial charge in [-0.05, 0) is 49.1 Å². The van der Waals surface area contributed by atoms with E-state index < -0.39 is 0 Å². The van der Waals surface area contributed by atoms with Gasteiger partial charge in [-0.1, -0.05) is 18.5 Å². The molecule has 2 unspecified atom stereocenters. The zero-order valence-electron chi connectivity index (χ0n) is 11.1. The molecule has 5 heteroatoms. The fourth-order valence-corrected chi connectivity index (χ4v) is 2.50. The molecular weight excluding hydrogens is 262 g/mol. The van der Waals surface area contributed by atoms with Gasteiger partial charge in [0.1, 0.15) is 0 Å². The Kier molecular flexibility index (Phi) is 4.66. The van der Waals surface area contributed by atoms with Gasteiger partial charge in [0.15, 0.2) is 0 Å². The van der Waals surface area contributed by atoms with E-state index in [1.165, 1.54) is 0 Å². The maximum Gasteiger partial charge on any atom is 0.321 e. The number of piperidine rings is 1. The number of hydrogen-bond donors (Lipinski definition) is 2. The van der Waals surface area contributed by atoms with Crippen molar-refractivity contribution in [2.24, 2.45) is 17.6 Å². The van der Waals surface area contributed by atoms with Crippen molar-refractivity contribution >= 4 is 23.3 Å². The van der Waals surface area contributed by atoms with Crippen LogP contribution in [0.3, 0.4) is 0 Å². The Bertz CT molecular complexity index is 435. The fraction of sp³-hybridized carbons (Fsp3) is 0.500. The summed E-state index contributed by atoms with van der Waals surface area (Å²) >= 11 is 5.81. The summed E-state index contributed by atoms with van der Waals surface area (Å²) in [5, 5.41) is 3.55. The van der Waals surface area contributed by atoms with Gasteiger partial charge in [0.05, 0.1) is 0 Å². The summed E-state index contributed by atoms with van der Waals surface area (Å²) in [7, 11) is 0. The van der Waals surface area contributed by atoms with E-state index >= 15 is 0 Å². The number of halogens is 1. The maximum absolute atomic E-state index is 12.2. The molecule has 1 aliphatic rings. The smallest absolute Gasteiger partial charge is 0.321 e. The highest BCUT2D eigenvalue weighted by Gasteiger charge is 2.27. The lowest BCUT2D eigenvalue weighted by Crippen LogP contribution is -2.47. The third-order valence-corrected chi connectivity index (χ3v) is 4.05. The molecular formula is C14H20ClN3O. The highest BCUT2D eigenvalue weighted by Crippen LogP contribution is 2.23. The first-order valence-corrected chi connectivity index (χ1v) is 6.99. The van der Waals surface area contributed by atoms with Crippen LogP contribution in [0.4, 0.5) is 10.5 Å². The van der Waals surface area contributed by atoms with E-state index in [2.05, 4.69) is 12.2 Å². The molecule has 2 atom stereocenters. The first-order valence-electron chi connectivity index (χ1n) is 6.61. The molecule has 1 heterocycles. The molecule has 0 radical (unpaired) electrons. The molecule has 1 aliphatic heterocycles. The summed E-state index contributed by atoms with van der Waals surface area (Å²) in [6.45, 7) is 4.35. The minimum absolute atomic E-state index is 0.0623. The molecule has 1 fully saturated rings. The molecule has 2 amide bonds. The van der Waals surface area contributed by atoms with E-state index in [4.69, 9.17) is 17.3 Å². The van der Waals surface area contributed by atoms with Gasteiger partial charge in [0.25, 0.3) is 0 Å². The molecule has 0 aliphatic carbocycles. The van der Waals surface area contributed by atoms with Crippen LogP contribution in [0.1, 0.15) is 13.3 Å². The summed E-state index contributed by atoms with van der Waals surface area (Å²) in [5.41, 5.74) is 6.51. The van der Waals surface area contributed by atoms with Crippen LogP contribution < -0.4 is 11.1 Å². The van der Waals surface area contributed by atoms with Gasteiger partial charge in [0, 0.05) is 23.8 Å². The Morgan fingerprint density at radius 3 is 2.79 bits per heavy atom. The average molecular weight is 282 g/mol. The van der Waals surface area contributed by atoms with Gasteiger partial charge in [-0.15, -0.1) is 0 Å². The zero-order valence-corrected chi connectivity index (χ0v) is 11.9. The van der Waals surface area contributed by atoms with Gasteiger partial charge < -0.3 is 16.0 Å². The number of hydrogen-bond acceptors (Lipinski definition) is 2. The van der Waals surface area contributed by atoms with Crippen molar-refractivity contribution in [1.29, 1.82) is 0 Å². The number of anilines is 1. The quantitative estimate of drug-likeness (QED) is 0.876. The van der Waals surface area contributed by atoms with Gasteiger partial charge >= 0.3 is 6.03 Å². The van der Waals surface area contributed by atoms with Gasteiger partial charge in [-0.2, -0.15) is 0 Å². The van der Waals surface area contributed by atoms with Gasteiger partial charge in [0.2, 0.25) is 0 Å². The van der Waals surface area contributed by atoms with Crippen molar-refractivity contribution in [2.45, 2.75) is 13.3 Å². The molecule has 2 rings (SSSR count). The monoisotopic (exact) mass is 281 g/mol. The summed E-state index contributed by atoms with van der Waals surface area (Å²) in [4.78, 5) is 14.0. The minimum atomic E-state index is -0.0623. The third-order valence-electron chi connectivity index (χ3n) is 3.80. The van der Waals surface area contributed by atoms with Crippen LogP contribution in [0, 0.1) is 11.8 Å². The number of benzene rings is 1. The highest BCUT2D eigenvalue weighted by molar-refractivity contribution is 6.30. The van der Waals surface area contributed by atoms with Gasteiger partial charge in [-0.3, -0.25) is 0 Å². The molecule has 1 aromatic carbocycles. The number of nitrogens with zero attached hydrogens (tertiary/aromatic N) is 1. The minimum Gasteiger partial charge on any atom is -0.330 e. The lowest BCUT2D eigenvalue weighted by atomic mass is 9.87. The lowest BCUT2D eigenvalue weighted by Gasteiger charge is -2.36. The predicted molar refractivity (Wildman–Crippen MR) is 78.4 cm³/mol. The molecule has 0 bridgehead atoms. The Morgan fingerprint density at radius 1 is 1.47 bits per heavy atom. The Morgan fingerprint density at radius 2 is 2.16 bits per heavy atom. The van der Waals surface area contributed by atoms with Crippen LogP contribution in [-0.2, 0) is 0 Å². The fourth-order valence-electron chi connectivity index (χ4n) is 2.38. The number of nitrogens with one attached hydrogen (secondary N) is 1. The molecule has 0 saturated carbocycles. The van der Waals surface area contributed by atoms with Crippen LogP contribution in [0.25, 0.3) is 0 Å². The maximum atomic E-state index is 12.2. The van der Waals surface area contributed by atoms with Crippen LogP contribution in [0.15, 0.2) is 24.3 Å². The van der Waals surface area contributed by atoms with Crippen LogP contribution in [0.5, 0.6) is 0 Å². The van der Waals surface area contributed by atoms with E-state index in [1.807, 2.05) is 4.90 Å². The Hall–Kier alpha value is -1.26. The van der Waals surface area contributed by atoms with Gasteiger partial charge in [-0.25, -0.2) is 4.79 Å². The van der Waals surface area contributed by atoms with Crippen LogP contribution in [0.2, 0.25) is 5.02 Å². The Labute approximate surface area is 118 Å². The van der Waals surface area contributed by atoms with E-state index in [1.54, 1.807) is 24.3 Å². The second-order valence-corrected chi connectivity index (χ2v) is 5.58. The Balaban J connectivity index is 1.94. The number of amides is 2. The van der Waals surface area contributed by atoms with Crippen molar-refractivity contribution in [3.05, 3.63) is 29.3 Å². The molecule has 1 aromatic rings.